The first-order valence-corrected chi connectivity index (χ1v) is 9.85. The van der Waals surface area contributed by atoms with Crippen LogP contribution in [0.4, 0.5) is 11.4 Å². The van der Waals surface area contributed by atoms with E-state index in [2.05, 4.69) is 10.0 Å². The van der Waals surface area contributed by atoms with Gasteiger partial charge in [0.25, 0.3) is 15.9 Å². The van der Waals surface area contributed by atoms with Gasteiger partial charge in [0.05, 0.1) is 5.41 Å². The zero-order valence-electron chi connectivity index (χ0n) is 14.1. The van der Waals surface area contributed by atoms with Gasteiger partial charge in [-0.1, -0.05) is 30.3 Å². The van der Waals surface area contributed by atoms with Gasteiger partial charge in [-0.3, -0.25) is 9.52 Å². The number of hydrogen-bond acceptors (Lipinski definition) is 4. The molecule has 26 heavy (non-hydrogen) atoms. The second-order valence-corrected chi connectivity index (χ2v) is 7.50. The molecule has 1 atom stereocenters. The summed E-state index contributed by atoms with van der Waals surface area (Å²) in [5.41, 5.74) is 1.80. The van der Waals surface area contributed by atoms with E-state index in [9.17, 15) is 13.2 Å². The smallest absolute Gasteiger partial charge is 0.255 e. The summed E-state index contributed by atoms with van der Waals surface area (Å²) in [5, 5.41) is 3.89. The molecular weight excluding hydrogens is 352 g/mol. The molecule has 0 aromatic heterocycles. The zero-order valence-corrected chi connectivity index (χ0v) is 14.9. The lowest BCUT2D eigenvalue weighted by Crippen LogP contribution is -2.26. The van der Waals surface area contributed by atoms with Crippen molar-refractivity contribution >= 4 is 33.4 Å². The van der Waals surface area contributed by atoms with Crippen LogP contribution in [0.15, 0.2) is 60.0 Å². The van der Waals surface area contributed by atoms with Crippen LogP contribution in [0, 0.1) is 0 Å². The molecule has 6 nitrogen and oxygen atoms in total. The third kappa shape index (κ3) is 5.18. The second kappa shape index (κ2) is 8.16. The van der Waals surface area contributed by atoms with E-state index in [0.717, 1.165) is 23.8 Å². The van der Waals surface area contributed by atoms with Gasteiger partial charge in [0.15, 0.2) is 0 Å². The SMILES string of the molecule is O=C(Nc1ccc(NS(=O)(=O)/C=C/c2ccccc2)cc1)C1CCCO1. The maximum Gasteiger partial charge on any atom is 0.255 e. The Labute approximate surface area is 152 Å². The summed E-state index contributed by atoms with van der Waals surface area (Å²) in [5.74, 6) is -0.179. The molecule has 2 N–H and O–H groups in total. The van der Waals surface area contributed by atoms with Gasteiger partial charge < -0.3 is 10.1 Å². The number of nitrogens with one attached hydrogen (secondary N) is 2. The molecule has 0 bridgehead atoms. The van der Waals surface area contributed by atoms with Crippen molar-refractivity contribution in [1.82, 2.24) is 0 Å². The number of benzene rings is 2. The van der Waals surface area contributed by atoms with Crippen LogP contribution in [-0.4, -0.2) is 27.0 Å². The van der Waals surface area contributed by atoms with E-state index in [4.69, 9.17) is 4.74 Å². The Balaban J connectivity index is 1.59. The molecule has 3 rings (SSSR count). The standard InChI is InChI=1S/C19H20N2O4S/c22-19(18-7-4-13-25-18)20-16-8-10-17(11-9-16)21-26(23,24)14-12-15-5-2-1-3-6-15/h1-3,5-6,8-12,14,18,21H,4,7,13H2,(H,20,22)/b14-12+. The van der Waals surface area contributed by atoms with E-state index >= 15 is 0 Å². The average Bonchev–Trinajstić information content (AvgIpc) is 3.17. The first-order valence-electron chi connectivity index (χ1n) is 8.30. The quantitative estimate of drug-likeness (QED) is 0.815. The van der Waals surface area contributed by atoms with Crippen LogP contribution in [0.25, 0.3) is 6.08 Å². The van der Waals surface area contributed by atoms with Gasteiger partial charge in [-0.2, -0.15) is 0 Å². The predicted molar refractivity (Wildman–Crippen MR) is 102 cm³/mol. The number of rotatable bonds is 6. The molecule has 1 unspecified atom stereocenters. The van der Waals surface area contributed by atoms with Crippen molar-refractivity contribution in [2.24, 2.45) is 0 Å². The maximum atomic E-state index is 12.1. The molecule has 0 spiro atoms. The lowest BCUT2D eigenvalue weighted by molar-refractivity contribution is -0.124. The van der Waals surface area contributed by atoms with Crippen LogP contribution in [0.2, 0.25) is 0 Å². The lowest BCUT2D eigenvalue weighted by Gasteiger charge is -2.11. The fraction of sp³-hybridized carbons (Fsp3) is 0.211. The Kier molecular flexibility index (Phi) is 5.70. The first kappa shape index (κ1) is 18.2. The lowest BCUT2D eigenvalue weighted by atomic mass is 10.2. The Morgan fingerprint density at radius 1 is 1.04 bits per heavy atom. The van der Waals surface area contributed by atoms with Crippen molar-refractivity contribution in [3.63, 3.8) is 0 Å². The fourth-order valence-corrected chi connectivity index (χ4v) is 3.43. The molecule has 1 aliphatic heterocycles. The molecule has 1 amide bonds. The van der Waals surface area contributed by atoms with Crippen molar-refractivity contribution in [3.8, 4) is 0 Å². The molecule has 0 saturated carbocycles. The van der Waals surface area contributed by atoms with Crippen LogP contribution in [0.1, 0.15) is 18.4 Å². The molecule has 0 aliphatic carbocycles. The van der Waals surface area contributed by atoms with E-state index in [1.54, 1.807) is 24.3 Å². The molecule has 1 heterocycles. The molecule has 0 radical (unpaired) electrons. The van der Waals surface area contributed by atoms with Crippen molar-refractivity contribution in [2.75, 3.05) is 16.6 Å². The third-order valence-electron chi connectivity index (χ3n) is 3.87. The van der Waals surface area contributed by atoms with Gasteiger partial charge in [-0.05, 0) is 48.7 Å². The Hall–Kier alpha value is -2.64. The Bertz CT molecular complexity index is 872. The maximum absolute atomic E-state index is 12.1. The van der Waals surface area contributed by atoms with Gasteiger partial charge in [-0.25, -0.2) is 8.42 Å². The van der Waals surface area contributed by atoms with Crippen molar-refractivity contribution in [3.05, 3.63) is 65.6 Å². The Morgan fingerprint density at radius 3 is 2.38 bits per heavy atom. The summed E-state index contributed by atoms with van der Waals surface area (Å²) in [6.07, 6.45) is 2.72. The molecule has 7 heteroatoms. The van der Waals surface area contributed by atoms with E-state index in [0.29, 0.717) is 18.0 Å². The summed E-state index contributed by atoms with van der Waals surface area (Å²) < 4.78 is 32.1. The normalized spacial score (nSPS) is 17.3. The van der Waals surface area contributed by atoms with Gasteiger partial charge in [0, 0.05) is 18.0 Å². The fourth-order valence-electron chi connectivity index (χ4n) is 2.56. The van der Waals surface area contributed by atoms with Crippen LogP contribution in [0.3, 0.4) is 0 Å². The number of amides is 1. The van der Waals surface area contributed by atoms with Crippen LogP contribution >= 0.6 is 0 Å². The molecule has 1 fully saturated rings. The van der Waals surface area contributed by atoms with E-state index in [-0.39, 0.29) is 5.91 Å². The number of carbonyl (C=O) groups is 1. The zero-order chi connectivity index (χ0) is 18.4. The number of sulfonamides is 1. The highest BCUT2D eigenvalue weighted by Crippen LogP contribution is 2.18. The molecule has 1 aliphatic rings. The van der Waals surface area contributed by atoms with Crippen LogP contribution in [0.5, 0.6) is 0 Å². The summed E-state index contributed by atoms with van der Waals surface area (Å²) in [4.78, 5) is 12.0. The predicted octanol–water partition coefficient (Wildman–Crippen LogP) is 3.22. The molecule has 2 aromatic rings. The minimum atomic E-state index is -3.62. The summed E-state index contributed by atoms with van der Waals surface area (Å²) in [6.45, 7) is 0.606. The summed E-state index contributed by atoms with van der Waals surface area (Å²) >= 11 is 0. The van der Waals surface area contributed by atoms with E-state index < -0.39 is 16.1 Å². The van der Waals surface area contributed by atoms with E-state index in [1.807, 2.05) is 30.3 Å². The third-order valence-corrected chi connectivity index (χ3v) is 4.89. The minimum absolute atomic E-state index is 0.179. The van der Waals surface area contributed by atoms with Crippen molar-refractivity contribution in [2.45, 2.75) is 18.9 Å². The highest BCUT2D eigenvalue weighted by molar-refractivity contribution is 7.95. The summed E-state index contributed by atoms with van der Waals surface area (Å²) in [6, 6.07) is 15.7. The van der Waals surface area contributed by atoms with Gasteiger partial charge in [0.2, 0.25) is 0 Å². The Morgan fingerprint density at radius 2 is 1.73 bits per heavy atom. The van der Waals surface area contributed by atoms with Gasteiger partial charge in [-0.15, -0.1) is 0 Å². The molecule has 1 saturated heterocycles. The van der Waals surface area contributed by atoms with Crippen molar-refractivity contribution in [1.29, 1.82) is 0 Å². The number of ether oxygens (including phenoxy) is 1. The monoisotopic (exact) mass is 372 g/mol. The largest absolute Gasteiger partial charge is 0.368 e. The first-order chi connectivity index (χ1) is 12.5. The summed E-state index contributed by atoms with van der Waals surface area (Å²) in [7, 11) is -3.62. The number of anilines is 2. The van der Waals surface area contributed by atoms with Gasteiger partial charge in [0.1, 0.15) is 6.10 Å². The molecular formula is C19H20N2O4S. The minimum Gasteiger partial charge on any atom is -0.368 e. The number of carbonyl (C=O) groups excluding carboxylic acids is 1. The van der Waals surface area contributed by atoms with E-state index in [1.165, 1.54) is 6.08 Å². The average molecular weight is 372 g/mol. The molecule has 136 valence electrons. The highest BCUT2D eigenvalue weighted by Gasteiger charge is 2.23. The van der Waals surface area contributed by atoms with Gasteiger partial charge >= 0.3 is 0 Å². The molecule has 2 aromatic carbocycles. The van der Waals surface area contributed by atoms with Crippen molar-refractivity contribution < 1.29 is 17.9 Å². The topological polar surface area (TPSA) is 84.5 Å². The van der Waals surface area contributed by atoms with Crippen LogP contribution < -0.4 is 10.0 Å². The second-order valence-electron chi connectivity index (χ2n) is 5.93. The number of hydrogen-bond donors (Lipinski definition) is 2. The van der Waals surface area contributed by atoms with Crippen LogP contribution in [-0.2, 0) is 19.6 Å². The highest BCUT2D eigenvalue weighted by atomic mass is 32.2.